The Hall–Kier alpha value is -2.75. The molecule has 1 aliphatic heterocycles. The first-order valence-electron chi connectivity index (χ1n) is 8.08. The summed E-state index contributed by atoms with van der Waals surface area (Å²) in [5.74, 6) is -0.0739. The molecule has 2 aromatic rings. The number of rotatable bonds is 5. The molecule has 1 saturated heterocycles. The number of hydrogen-bond acceptors (Lipinski definition) is 6. The molecule has 2 aromatic heterocycles. The number of nitro groups is 1. The van der Waals surface area contributed by atoms with E-state index >= 15 is 0 Å². The van der Waals surface area contributed by atoms with Crippen molar-refractivity contribution >= 4 is 11.6 Å². The van der Waals surface area contributed by atoms with Crippen LogP contribution in [0.5, 0.6) is 0 Å². The highest BCUT2D eigenvalue weighted by Crippen LogP contribution is 2.12. The van der Waals surface area contributed by atoms with Crippen LogP contribution in [0.2, 0.25) is 0 Å². The zero-order chi connectivity index (χ0) is 18.0. The van der Waals surface area contributed by atoms with E-state index in [-0.39, 0.29) is 18.1 Å². The Morgan fingerprint density at radius 2 is 2.00 bits per heavy atom. The van der Waals surface area contributed by atoms with Crippen molar-refractivity contribution in [2.24, 2.45) is 7.05 Å². The van der Waals surface area contributed by atoms with Crippen molar-refractivity contribution in [1.82, 2.24) is 29.4 Å². The lowest BCUT2D eigenvalue weighted by Crippen LogP contribution is -2.49. The molecule has 0 aliphatic carbocycles. The molecule has 1 aliphatic rings. The number of aromatic nitrogens is 4. The minimum atomic E-state index is -0.521. The molecule has 0 radical (unpaired) electrons. The van der Waals surface area contributed by atoms with Gasteiger partial charge in [0.15, 0.2) is 0 Å². The van der Waals surface area contributed by atoms with Crippen molar-refractivity contribution in [2.75, 3.05) is 26.2 Å². The lowest BCUT2D eigenvalue weighted by atomic mass is 10.2. The fourth-order valence-corrected chi connectivity index (χ4v) is 2.97. The molecule has 0 saturated carbocycles. The standard InChI is InChI=1S/C15H21N7O3/c1-12-13(8-18(2)17-12)9-19-3-5-20(6-4-19)15(23)11-21-10-14(7-16-21)22(24)25/h7-8,10H,3-6,9,11H2,1-2H3. The number of carbonyl (C=O) groups excluding carboxylic acids is 1. The molecule has 0 unspecified atom stereocenters. The van der Waals surface area contributed by atoms with Gasteiger partial charge in [0.1, 0.15) is 18.9 Å². The topological polar surface area (TPSA) is 102 Å². The summed E-state index contributed by atoms with van der Waals surface area (Å²) in [5.41, 5.74) is 2.12. The van der Waals surface area contributed by atoms with E-state index in [0.29, 0.717) is 13.1 Å². The van der Waals surface area contributed by atoms with Gasteiger partial charge in [-0.25, -0.2) is 0 Å². The summed E-state index contributed by atoms with van der Waals surface area (Å²) in [6.45, 7) is 5.71. The van der Waals surface area contributed by atoms with Crippen LogP contribution in [0.4, 0.5) is 5.69 Å². The third-order valence-electron chi connectivity index (χ3n) is 4.36. The van der Waals surface area contributed by atoms with E-state index in [4.69, 9.17) is 0 Å². The largest absolute Gasteiger partial charge is 0.339 e. The Balaban J connectivity index is 1.50. The summed E-state index contributed by atoms with van der Waals surface area (Å²) in [6.07, 6.45) is 4.46. The van der Waals surface area contributed by atoms with Crippen LogP contribution < -0.4 is 0 Å². The summed E-state index contributed by atoms with van der Waals surface area (Å²) in [7, 11) is 1.91. The van der Waals surface area contributed by atoms with Crippen LogP contribution in [0.3, 0.4) is 0 Å². The first kappa shape index (κ1) is 17.1. The first-order chi connectivity index (χ1) is 11.9. The summed E-state index contributed by atoms with van der Waals surface area (Å²) in [4.78, 5) is 26.5. The maximum absolute atomic E-state index is 12.3. The molecule has 25 heavy (non-hydrogen) atoms. The SMILES string of the molecule is Cc1nn(C)cc1CN1CCN(C(=O)Cn2cc([N+](=O)[O-])cn2)CC1. The highest BCUT2D eigenvalue weighted by Gasteiger charge is 2.22. The van der Waals surface area contributed by atoms with Gasteiger partial charge in [-0.15, -0.1) is 0 Å². The van der Waals surface area contributed by atoms with Gasteiger partial charge in [-0.2, -0.15) is 10.2 Å². The highest BCUT2D eigenvalue weighted by atomic mass is 16.6. The Kier molecular flexibility index (Phi) is 4.79. The van der Waals surface area contributed by atoms with Crippen LogP contribution >= 0.6 is 0 Å². The van der Waals surface area contributed by atoms with Gasteiger partial charge < -0.3 is 4.90 Å². The Morgan fingerprint density at radius 3 is 2.56 bits per heavy atom. The molecule has 0 aromatic carbocycles. The second-order valence-electron chi connectivity index (χ2n) is 6.22. The van der Waals surface area contributed by atoms with E-state index in [1.165, 1.54) is 16.4 Å². The van der Waals surface area contributed by atoms with Crippen molar-refractivity contribution < 1.29 is 9.72 Å². The molecule has 0 bridgehead atoms. The fourth-order valence-electron chi connectivity index (χ4n) is 2.97. The quantitative estimate of drug-likeness (QED) is 0.565. The van der Waals surface area contributed by atoms with Crippen LogP contribution in [0, 0.1) is 17.0 Å². The van der Waals surface area contributed by atoms with Gasteiger partial charge in [0.2, 0.25) is 5.91 Å². The molecular weight excluding hydrogens is 326 g/mol. The average Bonchev–Trinajstić information content (AvgIpc) is 3.15. The molecule has 3 heterocycles. The summed E-state index contributed by atoms with van der Waals surface area (Å²) in [5, 5.41) is 18.9. The van der Waals surface area contributed by atoms with Crippen LogP contribution in [-0.4, -0.2) is 66.4 Å². The third kappa shape index (κ3) is 4.02. The Labute approximate surface area is 144 Å². The molecule has 10 nitrogen and oxygen atoms in total. The monoisotopic (exact) mass is 347 g/mol. The number of amides is 1. The van der Waals surface area contributed by atoms with Gasteiger partial charge in [-0.1, -0.05) is 0 Å². The number of carbonyl (C=O) groups is 1. The van der Waals surface area contributed by atoms with Crippen molar-refractivity contribution in [2.45, 2.75) is 20.0 Å². The highest BCUT2D eigenvalue weighted by molar-refractivity contribution is 5.76. The second-order valence-corrected chi connectivity index (χ2v) is 6.22. The van der Waals surface area contributed by atoms with Crippen LogP contribution in [-0.2, 0) is 24.9 Å². The van der Waals surface area contributed by atoms with Gasteiger partial charge in [0.25, 0.3) is 0 Å². The zero-order valence-corrected chi connectivity index (χ0v) is 14.3. The molecule has 1 fully saturated rings. The Bertz CT molecular complexity index is 774. The molecule has 0 spiro atoms. The van der Waals surface area contributed by atoms with Crippen molar-refractivity contribution in [3.63, 3.8) is 0 Å². The minimum Gasteiger partial charge on any atom is -0.339 e. The summed E-state index contributed by atoms with van der Waals surface area (Å²) < 4.78 is 3.12. The molecule has 0 atom stereocenters. The van der Waals surface area contributed by atoms with E-state index in [1.807, 2.05) is 24.9 Å². The predicted octanol–water partition coefficient (Wildman–Crippen LogP) is 0.178. The third-order valence-corrected chi connectivity index (χ3v) is 4.36. The number of hydrogen-bond donors (Lipinski definition) is 0. The van der Waals surface area contributed by atoms with E-state index in [2.05, 4.69) is 15.1 Å². The maximum Gasteiger partial charge on any atom is 0.307 e. The molecule has 10 heteroatoms. The number of piperazine rings is 1. The zero-order valence-electron chi connectivity index (χ0n) is 14.3. The van der Waals surface area contributed by atoms with Gasteiger partial charge in [0.05, 0.1) is 10.6 Å². The minimum absolute atomic E-state index is 0.0234. The van der Waals surface area contributed by atoms with Crippen LogP contribution in [0.1, 0.15) is 11.3 Å². The van der Waals surface area contributed by atoms with E-state index in [9.17, 15) is 14.9 Å². The normalized spacial score (nSPS) is 15.5. The van der Waals surface area contributed by atoms with Gasteiger partial charge in [0, 0.05) is 51.5 Å². The maximum atomic E-state index is 12.3. The lowest BCUT2D eigenvalue weighted by Gasteiger charge is -2.34. The predicted molar refractivity (Wildman–Crippen MR) is 88.7 cm³/mol. The molecule has 1 amide bonds. The number of aryl methyl sites for hydroxylation is 2. The first-order valence-corrected chi connectivity index (χ1v) is 8.08. The van der Waals surface area contributed by atoms with Crippen molar-refractivity contribution in [3.05, 3.63) is 40.0 Å². The average molecular weight is 347 g/mol. The van der Waals surface area contributed by atoms with Crippen LogP contribution in [0.25, 0.3) is 0 Å². The van der Waals surface area contributed by atoms with Crippen molar-refractivity contribution in [3.8, 4) is 0 Å². The van der Waals surface area contributed by atoms with Crippen LogP contribution in [0.15, 0.2) is 18.6 Å². The van der Waals surface area contributed by atoms with E-state index < -0.39 is 4.92 Å². The number of nitrogens with zero attached hydrogens (tertiary/aromatic N) is 7. The molecule has 0 N–H and O–H groups in total. The van der Waals surface area contributed by atoms with Crippen molar-refractivity contribution in [1.29, 1.82) is 0 Å². The summed E-state index contributed by atoms with van der Waals surface area (Å²) in [6, 6.07) is 0. The van der Waals surface area contributed by atoms with E-state index in [1.54, 1.807) is 4.90 Å². The lowest BCUT2D eigenvalue weighted by molar-refractivity contribution is -0.385. The summed E-state index contributed by atoms with van der Waals surface area (Å²) >= 11 is 0. The van der Waals surface area contributed by atoms with Gasteiger partial charge in [-0.3, -0.25) is 29.2 Å². The molecular formula is C15H21N7O3. The van der Waals surface area contributed by atoms with Gasteiger partial charge >= 0.3 is 5.69 Å². The van der Waals surface area contributed by atoms with Gasteiger partial charge in [-0.05, 0) is 6.92 Å². The fraction of sp³-hybridized carbons (Fsp3) is 0.533. The molecule has 134 valence electrons. The second kappa shape index (κ2) is 7.01. The van der Waals surface area contributed by atoms with E-state index in [0.717, 1.165) is 31.5 Å². The molecule has 3 rings (SSSR count). The smallest absolute Gasteiger partial charge is 0.307 e. The Morgan fingerprint density at radius 1 is 1.28 bits per heavy atom.